The SMILES string of the molecule is NC(=S)c1cccc(CN2CCCC(O)C2)c1F. The summed E-state index contributed by atoms with van der Waals surface area (Å²) in [5.74, 6) is -0.343. The van der Waals surface area contributed by atoms with Gasteiger partial charge in [0.1, 0.15) is 10.8 Å². The number of benzene rings is 1. The molecule has 1 aliphatic rings. The number of β-amino-alcohol motifs (C(OH)–C–C–N with tert-alkyl or cyclic N) is 1. The van der Waals surface area contributed by atoms with Gasteiger partial charge in [-0.2, -0.15) is 0 Å². The van der Waals surface area contributed by atoms with E-state index in [4.69, 9.17) is 18.0 Å². The lowest BCUT2D eigenvalue weighted by Gasteiger charge is -2.30. The zero-order chi connectivity index (χ0) is 13.1. The van der Waals surface area contributed by atoms with Gasteiger partial charge in [-0.15, -0.1) is 0 Å². The number of thiocarbonyl (C=S) groups is 1. The van der Waals surface area contributed by atoms with Crippen molar-refractivity contribution in [2.24, 2.45) is 5.73 Å². The summed E-state index contributed by atoms with van der Waals surface area (Å²) in [6, 6.07) is 5.08. The fourth-order valence-corrected chi connectivity index (χ4v) is 2.47. The van der Waals surface area contributed by atoms with Gasteiger partial charge in [-0.3, -0.25) is 4.90 Å². The number of halogens is 1. The third kappa shape index (κ3) is 3.04. The summed E-state index contributed by atoms with van der Waals surface area (Å²) in [4.78, 5) is 2.13. The highest BCUT2D eigenvalue weighted by atomic mass is 32.1. The minimum absolute atomic E-state index is 0.0769. The van der Waals surface area contributed by atoms with Crippen LogP contribution in [0.25, 0.3) is 0 Å². The second kappa shape index (κ2) is 5.73. The summed E-state index contributed by atoms with van der Waals surface area (Å²) in [5, 5.41) is 9.59. The van der Waals surface area contributed by atoms with Gasteiger partial charge in [0, 0.05) is 24.2 Å². The normalized spacial score (nSPS) is 20.9. The number of likely N-dealkylation sites (tertiary alicyclic amines) is 1. The van der Waals surface area contributed by atoms with Gasteiger partial charge in [0.05, 0.1) is 6.10 Å². The van der Waals surface area contributed by atoms with E-state index in [0.29, 0.717) is 24.2 Å². The van der Waals surface area contributed by atoms with Gasteiger partial charge in [0.15, 0.2) is 0 Å². The van der Waals surface area contributed by atoms with Gasteiger partial charge in [0.2, 0.25) is 0 Å². The second-order valence-electron chi connectivity index (χ2n) is 4.67. The van der Waals surface area contributed by atoms with Gasteiger partial charge in [-0.1, -0.05) is 24.4 Å². The summed E-state index contributed by atoms with van der Waals surface area (Å²) in [5.41, 5.74) is 6.35. The highest BCUT2D eigenvalue weighted by Gasteiger charge is 2.19. The van der Waals surface area contributed by atoms with E-state index in [1.54, 1.807) is 18.2 Å². The van der Waals surface area contributed by atoms with Crippen LogP contribution < -0.4 is 5.73 Å². The number of nitrogens with zero attached hydrogens (tertiary/aromatic N) is 1. The summed E-state index contributed by atoms with van der Waals surface area (Å²) >= 11 is 4.82. The van der Waals surface area contributed by atoms with Crippen LogP contribution in [0.1, 0.15) is 24.0 Å². The Hall–Kier alpha value is -1.04. The van der Waals surface area contributed by atoms with Crippen LogP contribution >= 0.6 is 12.2 Å². The van der Waals surface area contributed by atoms with E-state index in [2.05, 4.69) is 4.90 Å². The molecule has 0 aliphatic carbocycles. The van der Waals surface area contributed by atoms with Crippen molar-refractivity contribution in [2.75, 3.05) is 13.1 Å². The first-order chi connectivity index (χ1) is 8.58. The van der Waals surface area contributed by atoms with E-state index >= 15 is 0 Å². The maximum absolute atomic E-state index is 14.1. The molecule has 5 heteroatoms. The van der Waals surface area contributed by atoms with Crippen molar-refractivity contribution < 1.29 is 9.50 Å². The first-order valence-electron chi connectivity index (χ1n) is 6.05. The Morgan fingerprint density at radius 3 is 3.00 bits per heavy atom. The molecule has 1 aliphatic heterocycles. The van der Waals surface area contributed by atoms with Crippen LogP contribution in [-0.4, -0.2) is 34.2 Å². The van der Waals surface area contributed by atoms with Crippen LogP contribution in [-0.2, 0) is 6.54 Å². The molecule has 0 bridgehead atoms. The van der Waals surface area contributed by atoms with Crippen LogP contribution in [0, 0.1) is 5.82 Å². The first kappa shape index (κ1) is 13.4. The van der Waals surface area contributed by atoms with Crippen LogP contribution in [0.5, 0.6) is 0 Å². The van der Waals surface area contributed by atoms with Crippen molar-refractivity contribution >= 4 is 17.2 Å². The van der Waals surface area contributed by atoms with Crippen molar-refractivity contribution in [1.82, 2.24) is 4.90 Å². The van der Waals surface area contributed by atoms with Gasteiger partial charge in [-0.25, -0.2) is 4.39 Å². The summed E-state index contributed by atoms with van der Waals surface area (Å²) in [7, 11) is 0. The Labute approximate surface area is 111 Å². The fourth-order valence-electron chi connectivity index (χ4n) is 2.31. The van der Waals surface area contributed by atoms with Crippen molar-refractivity contribution in [3.05, 3.63) is 35.1 Å². The average molecular weight is 268 g/mol. The van der Waals surface area contributed by atoms with Crippen molar-refractivity contribution in [2.45, 2.75) is 25.5 Å². The number of aliphatic hydroxyl groups excluding tert-OH is 1. The summed E-state index contributed by atoms with van der Waals surface area (Å²) in [6.45, 7) is 1.96. The largest absolute Gasteiger partial charge is 0.392 e. The number of hydrogen-bond acceptors (Lipinski definition) is 3. The molecule has 1 fully saturated rings. The number of piperidine rings is 1. The number of nitrogens with two attached hydrogens (primary N) is 1. The predicted molar refractivity (Wildman–Crippen MR) is 72.8 cm³/mol. The van der Waals surface area contributed by atoms with Gasteiger partial charge in [-0.05, 0) is 25.5 Å². The standard InChI is InChI=1S/C13H17FN2OS/c14-12-9(3-1-5-11(12)13(15)18)7-16-6-2-4-10(17)8-16/h1,3,5,10,17H,2,4,6-8H2,(H2,15,18). The quantitative estimate of drug-likeness (QED) is 0.814. The molecule has 1 atom stereocenters. The molecule has 3 N–H and O–H groups in total. The van der Waals surface area contributed by atoms with Crippen molar-refractivity contribution in [3.63, 3.8) is 0 Å². The zero-order valence-corrected chi connectivity index (χ0v) is 10.9. The molecule has 1 heterocycles. The Balaban J connectivity index is 2.14. The minimum Gasteiger partial charge on any atom is -0.392 e. The molecule has 0 saturated carbocycles. The third-order valence-electron chi connectivity index (χ3n) is 3.22. The van der Waals surface area contributed by atoms with Gasteiger partial charge >= 0.3 is 0 Å². The zero-order valence-electron chi connectivity index (χ0n) is 10.1. The van der Waals surface area contributed by atoms with Crippen molar-refractivity contribution in [3.8, 4) is 0 Å². The molecule has 2 rings (SSSR count). The molecule has 0 spiro atoms. The monoisotopic (exact) mass is 268 g/mol. The molecule has 1 saturated heterocycles. The molecule has 1 aromatic carbocycles. The number of hydrogen-bond donors (Lipinski definition) is 2. The van der Waals surface area contributed by atoms with E-state index < -0.39 is 0 Å². The lowest BCUT2D eigenvalue weighted by atomic mass is 10.1. The average Bonchev–Trinajstić information content (AvgIpc) is 2.31. The molecular weight excluding hydrogens is 251 g/mol. The molecule has 18 heavy (non-hydrogen) atoms. The Morgan fingerprint density at radius 1 is 1.56 bits per heavy atom. The maximum atomic E-state index is 14.1. The lowest BCUT2D eigenvalue weighted by Crippen LogP contribution is -2.37. The van der Waals surface area contributed by atoms with Crippen LogP contribution in [0.4, 0.5) is 4.39 Å². The molecular formula is C13H17FN2OS. The smallest absolute Gasteiger partial charge is 0.137 e. The summed E-state index contributed by atoms with van der Waals surface area (Å²) < 4.78 is 14.1. The molecule has 98 valence electrons. The molecule has 0 amide bonds. The highest BCUT2D eigenvalue weighted by molar-refractivity contribution is 7.80. The predicted octanol–water partition coefficient (Wildman–Crippen LogP) is 1.42. The minimum atomic E-state index is -0.343. The first-order valence-corrected chi connectivity index (χ1v) is 6.46. The Bertz CT molecular complexity index is 453. The van der Waals surface area contributed by atoms with E-state index in [0.717, 1.165) is 19.4 Å². The van der Waals surface area contributed by atoms with E-state index in [-0.39, 0.29) is 16.9 Å². The highest BCUT2D eigenvalue weighted by Crippen LogP contribution is 2.18. The van der Waals surface area contributed by atoms with Crippen LogP contribution in [0.3, 0.4) is 0 Å². The van der Waals surface area contributed by atoms with E-state index in [1.165, 1.54) is 0 Å². The van der Waals surface area contributed by atoms with E-state index in [1.807, 2.05) is 0 Å². The maximum Gasteiger partial charge on any atom is 0.137 e. The molecule has 0 radical (unpaired) electrons. The number of aliphatic hydroxyl groups is 1. The summed E-state index contributed by atoms with van der Waals surface area (Å²) in [6.07, 6.45) is 1.46. The molecule has 3 nitrogen and oxygen atoms in total. The molecule has 0 aromatic heterocycles. The third-order valence-corrected chi connectivity index (χ3v) is 3.44. The molecule has 1 aromatic rings. The molecule has 1 unspecified atom stereocenters. The van der Waals surface area contributed by atoms with Crippen LogP contribution in [0.2, 0.25) is 0 Å². The van der Waals surface area contributed by atoms with Gasteiger partial charge < -0.3 is 10.8 Å². The van der Waals surface area contributed by atoms with Crippen molar-refractivity contribution in [1.29, 1.82) is 0 Å². The number of rotatable bonds is 3. The Morgan fingerprint density at radius 2 is 2.33 bits per heavy atom. The fraction of sp³-hybridized carbons (Fsp3) is 0.462. The second-order valence-corrected chi connectivity index (χ2v) is 5.11. The van der Waals surface area contributed by atoms with Gasteiger partial charge in [0.25, 0.3) is 0 Å². The lowest BCUT2D eigenvalue weighted by molar-refractivity contribution is 0.0662. The van der Waals surface area contributed by atoms with E-state index in [9.17, 15) is 9.50 Å². The Kier molecular flexibility index (Phi) is 4.27. The topological polar surface area (TPSA) is 49.5 Å². The van der Waals surface area contributed by atoms with Crippen LogP contribution in [0.15, 0.2) is 18.2 Å².